The van der Waals surface area contributed by atoms with Crippen molar-refractivity contribution in [3.05, 3.63) is 59.7 Å². The second-order valence-corrected chi connectivity index (χ2v) is 10.2. The van der Waals surface area contributed by atoms with Crippen LogP contribution in [0.1, 0.15) is 36.8 Å². The van der Waals surface area contributed by atoms with Crippen LogP contribution < -0.4 is 0 Å². The van der Waals surface area contributed by atoms with E-state index in [0.29, 0.717) is 21.3 Å². The summed E-state index contributed by atoms with van der Waals surface area (Å²) in [6.07, 6.45) is -2.25. The van der Waals surface area contributed by atoms with E-state index in [1.165, 1.54) is 21.6 Å². The van der Waals surface area contributed by atoms with Crippen molar-refractivity contribution in [2.45, 2.75) is 48.7 Å². The van der Waals surface area contributed by atoms with Crippen molar-refractivity contribution in [1.82, 2.24) is 10.1 Å². The third-order valence-corrected chi connectivity index (χ3v) is 7.55. The topological polar surface area (TPSA) is 146 Å². The average Bonchev–Trinajstić information content (AvgIpc) is 3.41. The highest BCUT2D eigenvalue weighted by atomic mass is 33.1. The van der Waals surface area contributed by atoms with Gasteiger partial charge in [0.15, 0.2) is 0 Å². The van der Waals surface area contributed by atoms with E-state index in [9.17, 15) is 28.8 Å². The predicted molar refractivity (Wildman–Crippen MR) is 129 cm³/mol. The fourth-order valence-corrected chi connectivity index (χ4v) is 5.11. The van der Waals surface area contributed by atoms with E-state index in [0.717, 1.165) is 9.79 Å². The molecule has 4 rings (SSSR count). The number of ether oxygens (including phenoxy) is 2. The first-order chi connectivity index (χ1) is 18.3. The van der Waals surface area contributed by atoms with Crippen LogP contribution in [-0.4, -0.2) is 46.1 Å². The Bertz CT molecular complexity index is 1120. The molecule has 2 aromatic rings. The summed E-state index contributed by atoms with van der Waals surface area (Å²) in [6, 6.07) is 14.5. The van der Waals surface area contributed by atoms with Crippen molar-refractivity contribution in [3.63, 3.8) is 0 Å². The second-order valence-electron chi connectivity index (χ2n) is 7.88. The van der Waals surface area contributed by atoms with Gasteiger partial charge in [-0.3, -0.25) is 28.9 Å². The van der Waals surface area contributed by atoms with Crippen LogP contribution in [0.3, 0.4) is 0 Å². The first-order valence-corrected chi connectivity index (χ1v) is 13.4. The molecule has 2 aliphatic heterocycles. The maximum absolute atomic E-state index is 11.7. The Morgan fingerprint density at radius 3 is 1.21 bits per heavy atom. The Labute approximate surface area is 223 Å². The van der Waals surface area contributed by atoms with Gasteiger partial charge >= 0.3 is 12.3 Å². The predicted octanol–water partition coefficient (Wildman–Crippen LogP) is 3.92. The lowest BCUT2D eigenvalue weighted by atomic mass is 10.2. The number of carbonyl (C=O) groups is 6. The lowest BCUT2D eigenvalue weighted by Gasteiger charge is -2.12. The van der Waals surface area contributed by atoms with Crippen molar-refractivity contribution in [2.75, 3.05) is 0 Å². The second kappa shape index (κ2) is 12.5. The lowest BCUT2D eigenvalue weighted by molar-refractivity contribution is -0.178. The molecule has 0 aliphatic carbocycles. The van der Waals surface area contributed by atoms with Crippen LogP contribution in [0, 0.1) is 0 Å². The minimum absolute atomic E-state index is 0.00528. The zero-order valence-electron chi connectivity index (χ0n) is 19.7. The van der Waals surface area contributed by atoms with Crippen molar-refractivity contribution in [2.24, 2.45) is 0 Å². The number of imide groups is 2. The molecule has 198 valence electrons. The minimum atomic E-state index is -1.13. The molecule has 38 heavy (non-hydrogen) atoms. The third kappa shape index (κ3) is 7.26. The lowest BCUT2D eigenvalue weighted by Crippen LogP contribution is -2.32. The van der Waals surface area contributed by atoms with E-state index in [1.54, 1.807) is 24.3 Å². The average molecular weight is 561 g/mol. The first kappa shape index (κ1) is 27.0. The molecule has 2 saturated heterocycles. The molecule has 14 heteroatoms. The number of hydroxylamine groups is 4. The Balaban J connectivity index is 1.16. The normalized spacial score (nSPS) is 15.2. The van der Waals surface area contributed by atoms with Crippen molar-refractivity contribution < 1.29 is 47.9 Å². The van der Waals surface area contributed by atoms with E-state index in [-0.39, 0.29) is 38.9 Å². The van der Waals surface area contributed by atoms with E-state index in [2.05, 4.69) is 9.68 Å². The standard InChI is InChI=1S/C24H20N2O10S2/c27-19-9-10-20(28)25(19)35-23(31)33-13-15-1-5-17(6-2-15)37-38-18-7-3-16(4-8-18)14-34-24(32)36-26-21(29)11-12-22(26)30/h1-8H,9-14H2. The number of benzene rings is 2. The van der Waals surface area contributed by atoms with Gasteiger partial charge in [0.25, 0.3) is 23.6 Å². The fourth-order valence-electron chi connectivity index (χ4n) is 3.18. The van der Waals surface area contributed by atoms with Crippen LogP contribution in [0.2, 0.25) is 0 Å². The highest BCUT2D eigenvalue weighted by Gasteiger charge is 2.34. The third-order valence-electron chi connectivity index (χ3n) is 5.14. The molecule has 2 aliphatic rings. The summed E-state index contributed by atoms with van der Waals surface area (Å²) >= 11 is 0. The number of hydrogen-bond donors (Lipinski definition) is 0. The van der Waals surface area contributed by atoms with E-state index >= 15 is 0 Å². The number of carbonyl (C=O) groups excluding carboxylic acids is 6. The molecule has 2 heterocycles. The van der Waals surface area contributed by atoms with Crippen molar-refractivity contribution in [3.8, 4) is 0 Å². The van der Waals surface area contributed by atoms with Crippen molar-refractivity contribution in [1.29, 1.82) is 0 Å². The highest BCUT2D eigenvalue weighted by molar-refractivity contribution is 8.76. The SMILES string of the molecule is O=C(OCc1ccc(SSc2ccc(COC(=O)ON3C(=O)CCC3=O)cc2)cc1)ON1C(=O)CCC1=O. The maximum atomic E-state index is 11.7. The zero-order valence-corrected chi connectivity index (χ0v) is 21.3. The maximum Gasteiger partial charge on any atom is 0.534 e. The largest absolute Gasteiger partial charge is 0.534 e. The summed E-state index contributed by atoms with van der Waals surface area (Å²) in [4.78, 5) is 80.5. The zero-order chi connectivity index (χ0) is 27.1. The van der Waals surface area contributed by atoms with Crippen LogP contribution in [0.15, 0.2) is 58.3 Å². The number of hydrogen-bond acceptors (Lipinski definition) is 12. The molecule has 0 atom stereocenters. The van der Waals surface area contributed by atoms with Crippen LogP contribution in [0.4, 0.5) is 9.59 Å². The summed E-state index contributed by atoms with van der Waals surface area (Å²) in [5.41, 5.74) is 1.38. The van der Waals surface area contributed by atoms with E-state index in [4.69, 9.17) is 9.47 Å². The summed E-state index contributed by atoms with van der Waals surface area (Å²) in [7, 11) is 3.00. The number of rotatable bonds is 9. The van der Waals surface area contributed by atoms with Gasteiger partial charge in [-0.1, -0.05) is 56.0 Å². The van der Waals surface area contributed by atoms with E-state index in [1.807, 2.05) is 24.3 Å². The molecule has 0 saturated carbocycles. The number of amides is 4. The van der Waals surface area contributed by atoms with Crippen LogP contribution in [0.25, 0.3) is 0 Å². The van der Waals surface area contributed by atoms with Gasteiger partial charge in [-0.05, 0) is 35.4 Å². The van der Waals surface area contributed by atoms with Gasteiger partial charge in [-0.25, -0.2) is 9.59 Å². The molecule has 0 N–H and O–H groups in total. The Hall–Kier alpha value is -4.04. The Kier molecular flexibility index (Phi) is 8.86. The van der Waals surface area contributed by atoms with E-state index < -0.39 is 35.9 Å². The minimum Gasteiger partial charge on any atom is -0.428 e. The van der Waals surface area contributed by atoms with Gasteiger partial charge < -0.3 is 9.47 Å². The van der Waals surface area contributed by atoms with Gasteiger partial charge in [0.05, 0.1) is 0 Å². The molecule has 2 fully saturated rings. The monoisotopic (exact) mass is 560 g/mol. The summed E-state index contributed by atoms with van der Waals surface area (Å²) in [5, 5.41) is 0.851. The highest BCUT2D eigenvalue weighted by Crippen LogP contribution is 2.37. The molecular weight excluding hydrogens is 540 g/mol. The van der Waals surface area contributed by atoms with Gasteiger partial charge in [0.2, 0.25) is 0 Å². The summed E-state index contributed by atoms with van der Waals surface area (Å²) in [6.45, 7) is -0.177. The molecule has 0 spiro atoms. The molecule has 2 aromatic carbocycles. The Morgan fingerprint density at radius 2 is 0.895 bits per heavy atom. The summed E-state index contributed by atoms with van der Waals surface area (Å²) in [5.74, 6) is -2.32. The fraction of sp³-hybridized carbons (Fsp3) is 0.250. The van der Waals surface area contributed by atoms with Gasteiger partial charge in [-0.15, -0.1) is 0 Å². The molecular formula is C24H20N2O10S2. The van der Waals surface area contributed by atoms with Crippen molar-refractivity contribution >= 4 is 57.5 Å². The Morgan fingerprint density at radius 1 is 0.579 bits per heavy atom. The van der Waals surface area contributed by atoms with Gasteiger partial charge in [-0.2, -0.15) is 0 Å². The molecule has 4 amide bonds. The quantitative estimate of drug-likeness (QED) is 0.249. The molecule has 0 aromatic heterocycles. The molecule has 0 bridgehead atoms. The number of nitrogens with zero attached hydrogens (tertiary/aromatic N) is 2. The van der Waals surface area contributed by atoms with Crippen LogP contribution >= 0.6 is 21.6 Å². The molecule has 12 nitrogen and oxygen atoms in total. The molecule has 0 unspecified atom stereocenters. The van der Waals surface area contributed by atoms with Crippen LogP contribution in [-0.2, 0) is 51.5 Å². The van der Waals surface area contributed by atoms with Gasteiger partial charge in [0.1, 0.15) is 13.2 Å². The first-order valence-electron chi connectivity index (χ1n) is 11.2. The van der Waals surface area contributed by atoms with Crippen LogP contribution in [0.5, 0.6) is 0 Å². The smallest absolute Gasteiger partial charge is 0.428 e. The molecule has 0 radical (unpaired) electrons. The van der Waals surface area contributed by atoms with Gasteiger partial charge in [0, 0.05) is 35.5 Å². The summed E-state index contributed by atoms with van der Waals surface area (Å²) < 4.78 is 9.91.